The molecule has 2 atom stereocenters. The number of aromatic nitrogens is 1. The Bertz CT molecular complexity index is 1090. The summed E-state index contributed by atoms with van der Waals surface area (Å²) >= 11 is 5.97. The topological polar surface area (TPSA) is 55.5 Å². The quantitative estimate of drug-likeness (QED) is 0.659. The van der Waals surface area contributed by atoms with Crippen molar-refractivity contribution < 1.29 is 9.21 Å². The van der Waals surface area contributed by atoms with Gasteiger partial charge in [-0.25, -0.2) is 0 Å². The molecule has 1 aromatic carbocycles. The third-order valence-electron chi connectivity index (χ3n) is 5.78. The predicted octanol–water partition coefficient (Wildman–Crippen LogP) is 4.02. The Hall–Kier alpha value is -2.79. The number of amides is 1. The lowest BCUT2D eigenvalue weighted by atomic mass is 9.82. The van der Waals surface area contributed by atoms with Crippen molar-refractivity contribution in [2.45, 2.75) is 18.9 Å². The molecule has 2 aliphatic heterocycles. The van der Waals surface area contributed by atoms with Gasteiger partial charge in [0.1, 0.15) is 0 Å². The fraction of sp³-hybridized carbons (Fsp3) is 0.273. The van der Waals surface area contributed by atoms with Crippen molar-refractivity contribution in [3.8, 4) is 11.1 Å². The molecule has 142 valence electrons. The lowest BCUT2D eigenvalue weighted by Gasteiger charge is -2.42. The van der Waals surface area contributed by atoms with E-state index in [0.717, 1.165) is 17.7 Å². The van der Waals surface area contributed by atoms with Crippen LogP contribution in [0.25, 0.3) is 11.1 Å². The molecule has 3 aromatic rings. The molecule has 0 aliphatic carbocycles. The first-order chi connectivity index (χ1) is 13.6. The van der Waals surface area contributed by atoms with Crippen molar-refractivity contribution in [2.24, 2.45) is 5.92 Å². The summed E-state index contributed by atoms with van der Waals surface area (Å²) in [6.07, 6.45) is 2.52. The number of likely N-dealkylation sites (tertiary alicyclic amines) is 1. The molecular weight excluding hydrogens is 376 g/mol. The number of halogens is 1. The minimum absolute atomic E-state index is 0.0281. The largest absolute Gasteiger partial charge is 0.459 e. The number of benzene rings is 1. The van der Waals surface area contributed by atoms with Crippen LogP contribution in [-0.2, 0) is 6.54 Å². The number of nitrogens with zero attached hydrogens (tertiary/aromatic N) is 2. The first kappa shape index (κ1) is 17.3. The molecule has 1 amide bonds. The molecule has 4 heterocycles. The van der Waals surface area contributed by atoms with E-state index in [0.29, 0.717) is 36.0 Å². The second-order valence-corrected chi connectivity index (χ2v) is 8.02. The maximum absolute atomic E-state index is 13.2. The molecule has 0 unspecified atom stereocenters. The van der Waals surface area contributed by atoms with Gasteiger partial charge in [-0.1, -0.05) is 23.7 Å². The fourth-order valence-corrected chi connectivity index (χ4v) is 4.64. The fourth-order valence-electron chi connectivity index (χ4n) is 4.52. The highest BCUT2D eigenvalue weighted by atomic mass is 35.5. The van der Waals surface area contributed by atoms with Gasteiger partial charge in [-0.2, -0.15) is 0 Å². The Morgan fingerprint density at radius 3 is 2.61 bits per heavy atom. The van der Waals surface area contributed by atoms with E-state index in [1.165, 1.54) is 6.26 Å². The van der Waals surface area contributed by atoms with Gasteiger partial charge in [-0.15, -0.1) is 0 Å². The Kier molecular flexibility index (Phi) is 4.13. The lowest BCUT2D eigenvalue weighted by molar-refractivity contribution is 0.0564. The van der Waals surface area contributed by atoms with Crippen molar-refractivity contribution in [1.82, 2.24) is 9.47 Å². The Morgan fingerprint density at radius 1 is 1.04 bits per heavy atom. The summed E-state index contributed by atoms with van der Waals surface area (Å²) in [5, 5.41) is 0.651. The minimum atomic E-state index is -0.0757. The average molecular weight is 395 g/mol. The van der Waals surface area contributed by atoms with Crippen LogP contribution >= 0.6 is 11.6 Å². The van der Waals surface area contributed by atoms with Gasteiger partial charge in [-0.05, 0) is 54.3 Å². The molecule has 1 fully saturated rings. The highest BCUT2D eigenvalue weighted by Crippen LogP contribution is 2.36. The second-order valence-electron chi connectivity index (χ2n) is 7.58. The van der Waals surface area contributed by atoms with Crippen molar-refractivity contribution in [3.05, 3.63) is 81.6 Å². The molecule has 6 heteroatoms. The van der Waals surface area contributed by atoms with E-state index in [9.17, 15) is 9.59 Å². The van der Waals surface area contributed by atoms with Gasteiger partial charge in [0.2, 0.25) is 0 Å². The standard InChI is InChI=1S/C22H19ClN2O3/c23-17-5-3-15(4-6-17)18-7-8-19-16-10-14(12-25(19)21(18)26)11-24(13-16)22(27)20-2-1-9-28-20/h1-9,14,16H,10-13H2/t14-,16-/m1/s1. The molecule has 2 bridgehead atoms. The van der Waals surface area contributed by atoms with Crippen LogP contribution in [0.4, 0.5) is 0 Å². The van der Waals surface area contributed by atoms with E-state index < -0.39 is 0 Å². The summed E-state index contributed by atoms with van der Waals surface area (Å²) in [7, 11) is 0. The lowest BCUT2D eigenvalue weighted by Crippen LogP contribution is -2.49. The Balaban J connectivity index is 1.48. The van der Waals surface area contributed by atoms with Crippen LogP contribution in [-0.4, -0.2) is 28.5 Å². The first-order valence-corrected chi connectivity index (χ1v) is 9.80. The molecule has 0 spiro atoms. The highest BCUT2D eigenvalue weighted by Gasteiger charge is 2.37. The van der Waals surface area contributed by atoms with Gasteiger partial charge in [0.15, 0.2) is 5.76 Å². The van der Waals surface area contributed by atoms with E-state index in [2.05, 4.69) is 0 Å². The zero-order valence-corrected chi connectivity index (χ0v) is 15.9. The summed E-state index contributed by atoms with van der Waals surface area (Å²) in [6, 6.07) is 14.7. The zero-order chi connectivity index (χ0) is 19.3. The molecule has 28 heavy (non-hydrogen) atoms. The first-order valence-electron chi connectivity index (χ1n) is 9.42. The van der Waals surface area contributed by atoms with Gasteiger partial charge < -0.3 is 13.9 Å². The molecule has 0 saturated carbocycles. The van der Waals surface area contributed by atoms with Crippen molar-refractivity contribution in [2.75, 3.05) is 13.1 Å². The van der Waals surface area contributed by atoms with Crippen molar-refractivity contribution >= 4 is 17.5 Å². The minimum Gasteiger partial charge on any atom is -0.459 e. The third-order valence-corrected chi connectivity index (χ3v) is 6.03. The highest BCUT2D eigenvalue weighted by molar-refractivity contribution is 6.30. The van der Waals surface area contributed by atoms with Gasteiger partial charge >= 0.3 is 0 Å². The van der Waals surface area contributed by atoms with Crippen LogP contribution in [0.1, 0.15) is 28.6 Å². The number of carbonyl (C=O) groups excluding carboxylic acids is 1. The van der Waals surface area contributed by atoms with E-state index >= 15 is 0 Å². The molecular formula is C22H19ClN2O3. The van der Waals surface area contributed by atoms with Gasteiger partial charge in [0, 0.05) is 41.8 Å². The van der Waals surface area contributed by atoms with E-state index in [1.54, 1.807) is 24.3 Å². The monoisotopic (exact) mass is 394 g/mol. The molecule has 5 nitrogen and oxygen atoms in total. The number of piperidine rings is 1. The molecule has 1 saturated heterocycles. The SMILES string of the molecule is O=C(c1ccco1)N1C[C@H]2C[C@H](C1)c1ccc(-c3ccc(Cl)cc3)c(=O)n1C2. The van der Waals surface area contributed by atoms with E-state index in [-0.39, 0.29) is 23.3 Å². The molecule has 0 N–H and O–H groups in total. The number of fused-ring (bicyclic) bond motifs is 4. The van der Waals surface area contributed by atoms with Crippen LogP contribution in [0, 0.1) is 5.92 Å². The predicted molar refractivity (Wildman–Crippen MR) is 107 cm³/mol. The number of carbonyl (C=O) groups is 1. The second kappa shape index (κ2) is 6.67. The summed E-state index contributed by atoms with van der Waals surface area (Å²) in [5.41, 5.74) is 2.59. The summed E-state index contributed by atoms with van der Waals surface area (Å²) in [6.45, 7) is 1.89. The van der Waals surface area contributed by atoms with Crippen molar-refractivity contribution in [3.63, 3.8) is 0 Å². The maximum atomic E-state index is 13.2. The third kappa shape index (κ3) is 2.87. The van der Waals surface area contributed by atoms with E-state index in [1.807, 2.05) is 33.7 Å². The number of rotatable bonds is 2. The van der Waals surface area contributed by atoms with E-state index in [4.69, 9.17) is 16.0 Å². The number of furan rings is 1. The van der Waals surface area contributed by atoms with Crippen LogP contribution < -0.4 is 5.56 Å². The Morgan fingerprint density at radius 2 is 1.86 bits per heavy atom. The molecule has 2 aliphatic rings. The molecule has 0 radical (unpaired) electrons. The van der Waals surface area contributed by atoms with Crippen molar-refractivity contribution in [1.29, 1.82) is 0 Å². The summed E-state index contributed by atoms with van der Waals surface area (Å²) < 4.78 is 7.18. The Labute approximate surface area is 167 Å². The number of hydrogen-bond acceptors (Lipinski definition) is 3. The van der Waals surface area contributed by atoms with Gasteiger partial charge in [-0.3, -0.25) is 9.59 Å². The van der Waals surface area contributed by atoms with Crippen LogP contribution in [0.5, 0.6) is 0 Å². The smallest absolute Gasteiger partial charge is 0.289 e. The molecule has 5 rings (SSSR count). The average Bonchev–Trinajstić information content (AvgIpc) is 3.24. The summed E-state index contributed by atoms with van der Waals surface area (Å²) in [4.78, 5) is 27.7. The number of hydrogen-bond donors (Lipinski definition) is 0. The van der Waals surface area contributed by atoms with Crippen LogP contribution in [0.3, 0.4) is 0 Å². The maximum Gasteiger partial charge on any atom is 0.289 e. The molecule has 2 aromatic heterocycles. The normalized spacial score (nSPS) is 20.7. The number of pyridine rings is 1. The van der Waals surface area contributed by atoms with Crippen LogP contribution in [0.2, 0.25) is 5.02 Å². The zero-order valence-electron chi connectivity index (χ0n) is 15.2. The summed E-state index contributed by atoms with van der Waals surface area (Å²) in [5.74, 6) is 0.727. The van der Waals surface area contributed by atoms with Gasteiger partial charge in [0.05, 0.1) is 6.26 Å². The van der Waals surface area contributed by atoms with Crippen LogP contribution in [0.15, 0.2) is 64.0 Å². The van der Waals surface area contributed by atoms with Gasteiger partial charge in [0.25, 0.3) is 11.5 Å².